The maximum absolute atomic E-state index is 12.7. The molecule has 2 heterocycles. The summed E-state index contributed by atoms with van der Waals surface area (Å²) in [4.78, 5) is 30.7. The third-order valence-corrected chi connectivity index (χ3v) is 4.70. The monoisotopic (exact) mass is 310 g/mol. The van der Waals surface area contributed by atoms with Crippen LogP contribution in [0.3, 0.4) is 0 Å². The summed E-state index contributed by atoms with van der Waals surface area (Å²) in [5.41, 5.74) is 0. The van der Waals surface area contributed by atoms with Gasteiger partial charge >= 0.3 is 0 Å². The molecule has 126 valence electrons. The van der Waals surface area contributed by atoms with Crippen LogP contribution in [0.15, 0.2) is 0 Å². The Morgan fingerprint density at radius 3 is 2.82 bits per heavy atom. The van der Waals surface area contributed by atoms with Crippen LogP contribution in [0.2, 0.25) is 0 Å². The first-order valence-corrected chi connectivity index (χ1v) is 8.37. The quantitative estimate of drug-likeness (QED) is 0.742. The van der Waals surface area contributed by atoms with E-state index in [1.165, 1.54) is 6.42 Å². The lowest BCUT2D eigenvalue weighted by atomic mass is 9.96. The average Bonchev–Trinajstić information content (AvgIpc) is 2.86. The van der Waals surface area contributed by atoms with Crippen LogP contribution in [-0.4, -0.2) is 86.9 Å². The van der Waals surface area contributed by atoms with E-state index < -0.39 is 0 Å². The van der Waals surface area contributed by atoms with Crippen molar-refractivity contribution in [2.45, 2.75) is 19.3 Å². The zero-order valence-electron chi connectivity index (χ0n) is 14.2. The lowest BCUT2D eigenvalue weighted by Crippen LogP contribution is -2.45. The SMILES string of the molecule is CNCC1CCCN(C(=O)C2CC(=O)N(CCN(C)C)C2)C1. The van der Waals surface area contributed by atoms with E-state index in [-0.39, 0.29) is 17.7 Å². The highest BCUT2D eigenvalue weighted by atomic mass is 16.2. The molecule has 1 N–H and O–H groups in total. The van der Waals surface area contributed by atoms with Gasteiger partial charge in [-0.1, -0.05) is 0 Å². The van der Waals surface area contributed by atoms with Crippen molar-refractivity contribution >= 4 is 11.8 Å². The number of rotatable bonds is 6. The lowest BCUT2D eigenvalue weighted by Gasteiger charge is -2.34. The maximum Gasteiger partial charge on any atom is 0.228 e. The minimum Gasteiger partial charge on any atom is -0.342 e. The molecule has 0 aromatic carbocycles. The second-order valence-electron chi connectivity index (χ2n) is 6.89. The Balaban J connectivity index is 1.86. The van der Waals surface area contributed by atoms with E-state index in [4.69, 9.17) is 0 Å². The van der Waals surface area contributed by atoms with Crippen molar-refractivity contribution in [1.82, 2.24) is 20.0 Å². The molecule has 6 heteroatoms. The van der Waals surface area contributed by atoms with E-state index >= 15 is 0 Å². The molecular weight excluding hydrogens is 280 g/mol. The molecule has 2 aliphatic heterocycles. The van der Waals surface area contributed by atoms with Crippen LogP contribution in [0, 0.1) is 11.8 Å². The van der Waals surface area contributed by atoms with Crippen LogP contribution in [0.5, 0.6) is 0 Å². The molecule has 0 saturated carbocycles. The van der Waals surface area contributed by atoms with Gasteiger partial charge in [0.2, 0.25) is 11.8 Å². The van der Waals surface area contributed by atoms with Crippen molar-refractivity contribution in [1.29, 1.82) is 0 Å². The second kappa shape index (κ2) is 7.92. The van der Waals surface area contributed by atoms with Gasteiger partial charge in [0.15, 0.2) is 0 Å². The number of hydrogen-bond donors (Lipinski definition) is 1. The molecule has 0 aliphatic carbocycles. The van der Waals surface area contributed by atoms with E-state index in [1.54, 1.807) is 0 Å². The van der Waals surface area contributed by atoms with Gasteiger partial charge in [0.05, 0.1) is 5.92 Å². The summed E-state index contributed by atoms with van der Waals surface area (Å²) >= 11 is 0. The standard InChI is InChI=1S/C16H30N4O2/c1-17-10-13-5-4-6-20(11-13)16(22)14-9-15(21)19(12-14)8-7-18(2)3/h13-14,17H,4-12H2,1-3H3. The Kier molecular flexibility index (Phi) is 6.20. The summed E-state index contributed by atoms with van der Waals surface area (Å²) < 4.78 is 0. The first kappa shape index (κ1) is 17.2. The summed E-state index contributed by atoms with van der Waals surface area (Å²) in [5.74, 6) is 0.720. The third kappa shape index (κ3) is 4.43. The van der Waals surface area contributed by atoms with Gasteiger partial charge < -0.3 is 20.0 Å². The number of likely N-dealkylation sites (N-methyl/N-ethyl adjacent to an activating group) is 1. The Labute approximate surface area is 133 Å². The van der Waals surface area contributed by atoms with Gasteiger partial charge in [0.1, 0.15) is 0 Å². The van der Waals surface area contributed by atoms with Gasteiger partial charge in [0, 0.05) is 39.1 Å². The smallest absolute Gasteiger partial charge is 0.228 e. The highest BCUT2D eigenvalue weighted by molar-refractivity contribution is 5.89. The van der Waals surface area contributed by atoms with Gasteiger partial charge in [-0.15, -0.1) is 0 Å². The van der Waals surface area contributed by atoms with E-state index in [0.717, 1.165) is 39.1 Å². The predicted molar refractivity (Wildman–Crippen MR) is 86.5 cm³/mol. The lowest BCUT2D eigenvalue weighted by molar-refractivity contribution is -0.137. The molecule has 2 fully saturated rings. The van der Waals surface area contributed by atoms with Gasteiger partial charge in [-0.05, 0) is 46.4 Å². The molecule has 22 heavy (non-hydrogen) atoms. The Morgan fingerprint density at radius 2 is 2.14 bits per heavy atom. The fourth-order valence-corrected chi connectivity index (χ4v) is 3.45. The van der Waals surface area contributed by atoms with Crippen LogP contribution in [0.4, 0.5) is 0 Å². The Hall–Kier alpha value is -1.14. The van der Waals surface area contributed by atoms with Crippen LogP contribution in [0.1, 0.15) is 19.3 Å². The van der Waals surface area contributed by atoms with Crippen LogP contribution >= 0.6 is 0 Å². The number of amides is 2. The number of carbonyl (C=O) groups is 2. The number of hydrogen-bond acceptors (Lipinski definition) is 4. The van der Waals surface area contributed by atoms with Crippen molar-refractivity contribution in [3.05, 3.63) is 0 Å². The summed E-state index contributed by atoms with van der Waals surface area (Å²) in [7, 11) is 5.96. The van der Waals surface area contributed by atoms with Crippen LogP contribution < -0.4 is 5.32 Å². The minimum absolute atomic E-state index is 0.129. The topological polar surface area (TPSA) is 55.9 Å². The fraction of sp³-hybridized carbons (Fsp3) is 0.875. The van der Waals surface area contributed by atoms with Crippen molar-refractivity contribution in [2.24, 2.45) is 11.8 Å². The second-order valence-corrected chi connectivity index (χ2v) is 6.89. The van der Waals surface area contributed by atoms with E-state index in [1.807, 2.05) is 30.9 Å². The molecule has 0 aromatic heterocycles. The molecular formula is C16H30N4O2. The van der Waals surface area contributed by atoms with Gasteiger partial charge in [0.25, 0.3) is 0 Å². The molecule has 2 rings (SSSR count). The Bertz CT molecular complexity index is 398. The third-order valence-electron chi connectivity index (χ3n) is 4.70. The maximum atomic E-state index is 12.7. The normalized spacial score (nSPS) is 26.1. The van der Waals surface area contributed by atoms with Crippen molar-refractivity contribution < 1.29 is 9.59 Å². The highest BCUT2D eigenvalue weighted by Gasteiger charge is 2.37. The molecule has 0 spiro atoms. The molecule has 2 unspecified atom stereocenters. The first-order valence-electron chi connectivity index (χ1n) is 8.37. The molecule has 6 nitrogen and oxygen atoms in total. The highest BCUT2D eigenvalue weighted by Crippen LogP contribution is 2.23. The summed E-state index contributed by atoms with van der Waals surface area (Å²) in [6.07, 6.45) is 2.64. The average molecular weight is 310 g/mol. The van der Waals surface area contributed by atoms with E-state index in [2.05, 4.69) is 10.2 Å². The molecule has 0 bridgehead atoms. The van der Waals surface area contributed by atoms with Gasteiger partial charge in [-0.2, -0.15) is 0 Å². The molecule has 2 aliphatic rings. The van der Waals surface area contributed by atoms with E-state index in [9.17, 15) is 9.59 Å². The Morgan fingerprint density at radius 1 is 1.36 bits per heavy atom. The molecule has 2 atom stereocenters. The molecule has 2 saturated heterocycles. The predicted octanol–water partition coefficient (Wildman–Crippen LogP) is -0.145. The zero-order chi connectivity index (χ0) is 16.1. The van der Waals surface area contributed by atoms with Crippen molar-refractivity contribution in [3.8, 4) is 0 Å². The molecule has 0 radical (unpaired) electrons. The first-order chi connectivity index (χ1) is 10.5. The van der Waals surface area contributed by atoms with Crippen LogP contribution in [-0.2, 0) is 9.59 Å². The number of nitrogens with one attached hydrogen (secondary N) is 1. The fourth-order valence-electron chi connectivity index (χ4n) is 3.45. The van der Waals surface area contributed by atoms with E-state index in [0.29, 0.717) is 18.9 Å². The molecule has 0 aromatic rings. The number of piperidine rings is 1. The largest absolute Gasteiger partial charge is 0.342 e. The van der Waals surface area contributed by atoms with Crippen LogP contribution in [0.25, 0.3) is 0 Å². The van der Waals surface area contributed by atoms with Gasteiger partial charge in [-0.25, -0.2) is 0 Å². The zero-order valence-corrected chi connectivity index (χ0v) is 14.2. The van der Waals surface area contributed by atoms with Crippen molar-refractivity contribution in [3.63, 3.8) is 0 Å². The van der Waals surface area contributed by atoms with Gasteiger partial charge in [-0.3, -0.25) is 9.59 Å². The molecule has 2 amide bonds. The summed E-state index contributed by atoms with van der Waals surface area (Å²) in [5, 5.41) is 3.20. The number of likely N-dealkylation sites (tertiary alicyclic amines) is 2. The number of nitrogens with zero attached hydrogens (tertiary/aromatic N) is 3. The van der Waals surface area contributed by atoms with Crippen molar-refractivity contribution in [2.75, 3.05) is 60.4 Å². The summed E-state index contributed by atoms with van der Waals surface area (Å²) in [6.45, 7) is 4.81. The summed E-state index contributed by atoms with van der Waals surface area (Å²) in [6, 6.07) is 0. The number of carbonyl (C=O) groups excluding carboxylic acids is 2. The minimum atomic E-state index is -0.136.